The van der Waals surface area contributed by atoms with E-state index in [0.29, 0.717) is 13.0 Å². The molecule has 0 spiro atoms. The largest absolute Gasteiger partial charge is 0.467 e. The van der Waals surface area contributed by atoms with Crippen LogP contribution in [0.15, 0.2) is 24.3 Å². The van der Waals surface area contributed by atoms with Gasteiger partial charge >= 0.3 is 12.0 Å². The molecular weight excluding hydrogens is 280 g/mol. The number of carbonyl (C=O) groups is 2. The first kappa shape index (κ1) is 16.3. The number of hydrogen-bond acceptors (Lipinski definition) is 3. The molecule has 1 atom stereocenters. The van der Waals surface area contributed by atoms with Crippen LogP contribution in [0.2, 0.25) is 0 Å². The molecule has 5 nitrogen and oxygen atoms in total. The van der Waals surface area contributed by atoms with Gasteiger partial charge < -0.3 is 10.1 Å². The molecule has 1 aliphatic heterocycles. The quantitative estimate of drug-likeness (QED) is 0.870. The standard InChI is InChI=1S/C17H24N2O3/c1-12(2)11-14(16(20)22-3)18-17(21)19-10-6-8-13-7-4-5-9-15(13)19/h4-5,7,9,12,14H,6,8,10-11H2,1-3H3,(H,18,21)/t14-/m0/s1. The molecule has 0 unspecified atom stereocenters. The van der Waals surface area contributed by atoms with Crippen LogP contribution in [-0.4, -0.2) is 31.7 Å². The maximum absolute atomic E-state index is 12.6. The molecule has 1 aromatic rings. The number of benzene rings is 1. The van der Waals surface area contributed by atoms with Gasteiger partial charge in [0.05, 0.1) is 7.11 Å². The molecule has 1 heterocycles. The van der Waals surface area contributed by atoms with Gasteiger partial charge in [-0.3, -0.25) is 4.90 Å². The summed E-state index contributed by atoms with van der Waals surface area (Å²) in [6.07, 6.45) is 2.47. The highest BCUT2D eigenvalue weighted by Crippen LogP contribution is 2.26. The van der Waals surface area contributed by atoms with Crippen LogP contribution < -0.4 is 10.2 Å². The number of nitrogens with one attached hydrogen (secondary N) is 1. The number of anilines is 1. The van der Waals surface area contributed by atoms with Crippen molar-refractivity contribution in [3.8, 4) is 0 Å². The van der Waals surface area contributed by atoms with Crippen LogP contribution in [0.1, 0.15) is 32.3 Å². The lowest BCUT2D eigenvalue weighted by atomic mass is 10.0. The van der Waals surface area contributed by atoms with E-state index in [2.05, 4.69) is 5.32 Å². The third-order valence-electron chi connectivity index (χ3n) is 3.85. The Morgan fingerprint density at radius 3 is 2.73 bits per heavy atom. The SMILES string of the molecule is COC(=O)[C@H](CC(C)C)NC(=O)N1CCCc2ccccc21. The molecule has 0 fully saturated rings. The smallest absolute Gasteiger partial charge is 0.328 e. The number of carbonyl (C=O) groups excluding carboxylic acids is 2. The second-order valence-corrected chi connectivity index (χ2v) is 6.04. The van der Waals surface area contributed by atoms with Gasteiger partial charge in [0.2, 0.25) is 0 Å². The van der Waals surface area contributed by atoms with E-state index in [1.165, 1.54) is 12.7 Å². The number of para-hydroxylation sites is 1. The lowest BCUT2D eigenvalue weighted by Crippen LogP contribution is -2.50. The van der Waals surface area contributed by atoms with E-state index >= 15 is 0 Å². The first-order valence-corrected chi connectivity index (χ1v) is 7.76. The third kappa shape index (κ3) is 3.78. The average molecular weight is 304 g/mol. The summed E-state index contributed by atoms with van der Waals surface area (Å²) < 4.78 is 4.80. The van der Waals surface area contributed by atoms with Crippen LogP contribution in [0.3, 0.4) is 0 Å². The van der Waals surface area contributed by atoms with Crippen molar-refractivity contribution in [1.82, 2.24) is 5.32 Å². The fourth-order valence-electron chi connectivity index (χ4n) is 2.80. The van der Waals surface area contributed by atoms with E-state index in [-0.39, 0.29) is 11.9 Å². The van der Waals surface area contributed by atoms with E-state index in [1.807, 2.05) is 38.1 Å². The van der Waals surface area contributed by atoms with Crippen molar-refractivity contribution in [2.45, 2.75) is 39.2 Å². The van der Waals surface area contributed by atoms with Crippen LogP contribution in [0.4, 0.5) is 10.5 Å². The molecule has 0 radical (unpaired) electrons. The normalized spacial score (nSPS) is 15.2. The molecule has 0 aliphatic carbocycles. The Kier molecular flexibility index (Phi) is 5.41. The molecule has 0 bridgehead atoms. The zero-order valence-electron chi connectivity index (χ0n) is 13.5. The molecule has 120 valence electrons. The maximum Gasteiger partial charge on any atom is 0.328 e. The fraction of sp³-hybridized carbons (Fsp3) is 0.529. The zero-order valence-corrected chi connectivity index (χ0v) is 13.5. The van der Waals surface area contributed by atoms with Crippen LogP contribution in [0.5, 0.6) is 0 Å². The molecule has 1 aromatic carbocycles. The number of hydrogen-bond donors (Lipinski definition) is 1. The van der Waals surface area contributed by atoms with Crippen molar-refractivity contribution < 1.29 is 14.3 Å². The highest BCUT2D eigenvalue weighted by molar-refractivity contribution is 5.95. The van der Waals surface area contributed by atoms with Gasteiger partial charge in [0, 0.05) is 12.2 Å². The minimum atomic E-state index is -0.605. The van der Waals surface area contributed by atoms with Gasteiger partial charge in [0.25, 0.3) is 0 Å². The summed E-state index contributed by atoms with van der Waals surface area (Å²) in [5.41, 5.74) is 2.10. The number of aryl methyl sites for hydroxylation is 1. The van der Waals surface area contributed by atoms with Gasteiger partial charge in [-0.2, -0.15) is 0 Å². The zero-order chi connectivity index (χ0) is 16.1. The molecule has 1 aliphatic rings. The number of esters is 1. The van der Waals surface area contributed by atoms with Crippen molar-refractivity contribution in [3.63, 3.8) is 0 Å². The molecule has 0 saturated heterocycles. The van der Waals surface area contributed by atoms with Crippen molar-refractivity contribution >= 4 is 17.7 Å². The number of nitrogens with zero attached hydrogens (tertiary/aromatic N) is 1. The number of ether oxygens (including phenoxy) is 1. The number of fused-ring (bicyclic) bond motifs is 1. The second kappa shape index (κ2) is 7.29. The topological polar surface area (TPSA) is 58.6 Å². The van der Waals surface area contributed by atoms with Gasteiger partial charge in [-0.25, -0.2) is 9.59 Å². The lowest BCUT2D eigenvalue weighted by Gasteiger charge is -2.31. The van der Waals surface area contributed by atoms with E-state index in [4.69, 9.17) is 4.74 Å². The van der Waals surface area contributed by atoms with Crippen LogP contribution in [-0.2, 0) is 16.0 Å². The van der Waals surface area contributed by atoms with Gasteiger partial charge in [0.1, 0.15) is 6.04 Å². The van der Waals surface area contributed by atoms with Crippen molar-refractivity contribution in [2.75, 3.05) is 18.6 Å². The summed E-state index contributed by atoms with van der Waals surface area (Å²) in [6.45, 7) is 4.69. The lowest BCUT2D eigenvalue weighted by molar-refractivity contribution is -0.143. The molecule has 1 N–H and O–H groups in total. The second-order valence-electron chi connectivity index (χ2n) is 6.04. The van der Waals surface area contributed by atoms with Gasteiger partial charge in [-0.15, -0.1) is 0 Å². The minimum absolute atomic E-state index is 0.233. The van der Waals surface area contributed by atoms with Gasteiger partial charge in [-0.05, 0) is 36.8 Å². The van der Waals surface area contributed by atoms with Crippen LogP contribution in [0, 0.1) is 5.92 Å². The molecule has 5 heteroatoms. The monoisotopic (exact) mass is 304 g/mol. The van der Waals surface area contributed by atoms with Crippen molar-refractivity contribution in [2.24, 2.45) is 5.92 Å². The summed E-state index contributed by atoms with van der Waals surface area (Å²) in [7, 11) is 1.35. The third-order valence-corrected chi connectivity index (χ3v) is 3.85. The molecule has 22 heavy (non-hydrogen) atoms. The number of amides is 2. The Morgan fingerprint density at radius 2 is 2.05 bits per heavy atom. The summed E-state index contributed by atoms with van der Waals surface area (Å²) in [5.74, 6) is -0.106. The Bertz CT molecular complexity index is 542. The van der Waals surface area contributed by atoms with E-state index in [9.17, 15) is 9.59 Å². The number of methoxy groups -OCH3 is 1. The molecule has 0 aromatic heterocycles. The van der Waals surface area contributed by atoms with Gasteiger partial charge in [0.15, 0.2) is 0 Å². The summed E-state index contributed by atoms with van der Waals surface area (Å²) in [6, 6.07) is 7.06. The van der Waals surface area contributed by atoms with E-state index in [1.54, 1.807) is 4.90 Å². The number of rotatable bonds is 4. The molecule has 2 rings (SSSR count). The maximum atomic E-state index is 12.6. The molecule has 2 amide bonds. The Morgan fingerprint density at radius 1 is 1.32 bits per heavy atom. The Labute approximate surface area is 131 Å². The molecular formula is C17H24N2O3. The van der Waals surface area contributed by atoms with E-state index < -0.39 is 12.0 Å². The van der Waals surface area contributed by atoms with Gasteiger partial charge in [-0.1, -0.05) is 32.0 Å². The first-order chi connectivity index (χ1) is 10.5. The Balaban J connectivity index is 2.12. The predicted octanol–water partition coefficient (Wildman–Crippen LogP) is 2.74. The van der Waals surface area contributed by atoms with Crippen molar-refractivity contribution in [3.05, 3.63) is 29.8 Å². The fourth-order valence-corrected chi connectivity index (χ4v) is 2.80. The van der Waals surface area contributed by atoms with Crippen LogP contribution in [0.25, 0.3) is 0 Å². The Hall–Kier alpha value is -2.04. The molecule has 0 saturated carbocycles. The predicted molar refractivity (Wildman–Crippen MR) is 85.9 cm³/mol. The van der Waals surface area contributed by atoms with Crippen molar-refractivity contribution in [1.29, 1.82) is 0 Å². The highest BCUT2D eigenvalue weighted by atomic mass is 16.5. The summed E-state index contributed by atoms with van der Waals surface area (Å²) >= 11 is 0. The number of urea groups is 1. The summed E-state index contributed by atoms with van der Waals surface area (Å²) in [4.78, 5) is 26.2. The first-order valence-electron chi connectivity index (χ1n) is 7.76. The minimum Gasteiger partial charge on any atom is -0.467 e. The average Bonchev–Trinajstić information content (AvgIpc) is 2.52. The van der Waals surface area contributed by atoms with Crippen LogP contribution >= 0.6 is 0 Å². The van der Waals surface area contributed by atoms with E-state index in [0.717, 1.165) is 18.5 Å². The highest BCUT2D eigenvalue weighted by Gasteiger charge is 2.27. The summed E-state index contributed by atoms with van der Waals surface area (Å²) in [5, 5.41) is 2.82.